The summed E-state index contributed by atoms with van der Waals surface area (Å²) in [5.41, 5.74) is 1.20. The van der Waals surface area contributed by atoms with Crippen molar-refractivity contribution in [1.82, 2.24) is 4.98 Å². The quantitative estimate of drug-likeness (QED) is 0.733. The van der Waals surface area contributed by atoms with E-state index in [0.717, 1.165) is 29.3 Å². The first-order valence-corrected chi connectivity index (χ1v) is 7.82. The van der Waals surface area contributed by atoms with Crippen LogP contribution in [-0.4, -0.2) is 11.5 Å². The summed E-state index contributed by atoms with van der Waals surface area (Å²) in [6.07, 6.45) is 1.01. The number of fused-ring (bicyclic) bond motifs is 1. The molecule has 116 valence electrons. The average Bonchev–Trinajstić information content (AvgIpc) is 2.97. The lowest BCUT2D eigenvalue weighted by atomic mass is 10.0. The summed E-state index contributed by atoms with van der Waals surface area (Å²) in [5, 5.41) is 14.7. The van der Waals surface area contributed by atoms with Gasteiger partial charge in [-0.3, -0.25) is 0 Å². The van der Waals surface area contributed by atoms with Gasteiger partial charge < -0.3 is 9.73 Å². The second kappa shape index (κ2) is 6.53. The second-order valence-electron chi connectivity index (χ2n) is 5.94. The van der Waals surface area contributed by atoms with E-state index in [-0.39, 0.29) is 0 Å². The molecule has 1 N–H and O–H groups in total. The van der Waals surface area contributed by atoms with Crippen LogP contribution in [0.4, 0.5) is 5.88 Å². The number of nitrogens with one attached hydrogen (secondary N) is 1. The normalized spacial score (nSPS) is 10.9. The number of hydrogen-bond acceptors (Lipinski definition) is 4. The number of anilines is 1. The Balaban J connectivity index is 1.97. The van der Waals surface area contributed by atoms with Crippen LogP contribution in [-0.2, 0) is 0 Å². The second-order valence-corrected chi connectivity index (χ2v) is 5.94. The maximum atomic E-state index is 9.29. The van der Waals surface area contributed by atoms with Gasteiger partial charge in [0.1, 0.15) is 6.07 Å². The highest BCUT2D eigenvalue weighted by atomic mass is 16.4. The number of benzene rings is 2. The largest absolute Gasteiger partial charge is 0.419 e. The molecule has 0 unspecified atom stereocenters. The first kappa shape index (κ1) is 15.1. The molecule has 1 aromatic heterocycles. The minimum Gasteiger partial charge on any atom is -0.419 e. The number of nitrogens with zero attached hydrogens (tertiary/aromatic N) is 2. The monoisotopic (exact) mass is 305 g/mol. The van der Waals surface area contributed by atoms with Crippen LogP contribution in [0, 0.1) is 17.2 Å². The zero-order valence-electron chi connectivity index (χ0n) is 13.3. The van der Waals surface area contributed by atoms with E-state index in [9.17, 15) is 5.26 Å². The standard InChI is InChI=1S/C19H19N3O/c1-13(2)10-11-21-19-17(12-20)22-18(23-19)16-9-5-7-14-6-3-4-8-15(14)16/h3-9,13,21H,10-11H2,1-2H3. The molecular formula is C19H19N3O. The zero-order chi connectivity index (χ0) is 16.2. The molecule has 0 aliphatic rings. The van der Waals surface area contributed by atoms with Crippen LogP contribution in [0.2, 0.25) is 0 Å². The van der Waals surface area contributed by atoms with Crippen molar-refractivity contribution in [3.8, 4) is 17.5 Å². The molecule has 0 radical (unpaired) electrons. The molecule has 0 saturated carbocycles. The Kier molecular flexibility index (Phi) is 4.29. The molecule has 0 aliphatic carbocycles. The van der Waals surface area contributed by atoms with Gasteiger partial charge >= 0.3 is 0 Å². The summed E-state index contributed by atoms with van der Waals surface area (Å²) >= 11 is 0. The SMILES string of the molecule is CC(C)CCNc1oc(-c2cccc3ccccc23)nc1C#N. The van der Waals surface area contributed by atoms with Gasteiger partial charge in [-0.1, -0.05) is 50.2 Å². The minimum atomic E-state index is 0.302. The summed E-state index contributed by atoms with van der Waals surface area (Å²) in [4.78, 5) is 4.36. The third kappa shape index (κ3) is 3.19. The number of aromatic nitrogens is 1. The fourth-order valence-electron chi connectivity index (χ4n) is 2.52. The molecule has 0 fully saturated rings. The number of oxazole rings is 1. The Morgan fingerprint density at radius 3 is 2.74 bits per heavy atom. The van der Waals surface area contributed by atoms with Crippen molar-refractivity contribution in [2.75, 3.05) is 11.9 Å². The van der Waals surface area contributed by atoms with E-state index in [2.05, 4.69) is 42.4 Å². The predicted octanol–water partition coefficient (Wildman–Crippen LogP) is 4.82. The topological polar surface area (TPSA) is 61.9 Å². The summed E-state index contributed by atoms with van der Waals surface area (Å²) in [7, 11) is 0. The van der Waals surface area contributed by atoms with Crippen molar-refractivity contribution in [2.45, 2.75) is 20.3 Å². The van der Waals surface area contributed by atoms with E-state index in [1.54, 1.807) is 0 Å². The fourth-order valence-corrected chi connectivity index (χ4v) is 2.52. The van der Waals surface area contributed by atoms with E-state index < -0.39 is 0 Å². The van der Waals surface area contributed by atoms with Gasteiger partial charge in [0.15, 0.2) is 0 Å². The van der Waals surface area contributed by atoms with Crippen LogP contribution in [0.1, 0.15) is 26.0 Å². The first-order chi connectivity index (χ1) is 11.2. The van der Waals surface area contributed by atoms with Gasteiger partial charge in [-0.2, -0.15) is 10.2 Å². The molecule has 0 saturated heterocycles. The number of nitriles is 1. The van der Waals surface area contributed by atoms with Gasteiger partial charge in [0.25, 0.3) is 0 Å². The molecule has 0 bridgehead atoms. The maximum absolute atomic E-state index is 9.29. The van der Waals surface area contributed by atoms with Crippen molar-refractivity contribution in [2.24, 2.45) is 5.92 Å². The number of rotatable bonds is 5. The van der Waals surface area contributed by atoms with Gasteiger partial charge in [-0.05, 0) is 29.2 Å². The molecule has 1 heterocycles. The van der Waals surface area contributed by atoms with Gasteiger partial charge in [-0.25, -0.2) is 0 Å². The molecule has 0 spiro atoms. The lowest BCUT2D eigenvalue weighted by molar-refractivity contribution is 0.567. The molecular weight excluding hydrogens is 286 g/mol. The van der Waals surface area contributed by atoms with Gasteiger partial charge in [0.2, 0.25) is 17.5 Å². The van der Waals surface area contributed by atoms with Gasteiger partial charge in [-0.15, -0.1) is 0 Å². The van der Waals surface area contributed by atoms with Crippen molar-refractivity contribution < 1.29 is 4.42 Å². The Labute approximate surface area is 135 Å². The van der Waals surface area contributed by atoms with Crippen molar-refractivity contribution in [3.05, 3.63) is 48.2 Å². The van der Waals surface area contributed by atoms with Gasteiger partial charge in [0, 0.05) is 12.1 Å². The summed E-state index contributed by atoms with van der Waals surface area (Å²) in [5.74, 6) is 1.52. The molecule has 0 amide bonds. The average molecular weight is 305 g/mol. The maximum Gasteiger partial charge on any atom is 0.232 e. The predicted molar refractivity (Wildman–Crippen MR) is 92.1 cm³/mol. The third-order valence-electron chi connectivity index (χ3n) is 3.76. The molecule has 0 atom stereocenters. The number of hydrogen-bond donors (Lipinski definition) is 1. The first-order valence-electron chi connectivity index (χ1n) is 7.82. The van der Waals surface area contributed by atoms with Crippen LogP contribution >= 0.6 is 0 Å². The Morgan fingerprint density at radius 2 is 1.96 bits per heavy atom. The van der Waals surface area contributed by atoms with Crippen LogP contribution in [0.3, 0.4) is 0 Å². The highest BCUT2D eigenvalue weighted by Gasteiger charge is 2.16. The Hall–Kier alpha value is -2.80. The summed E-state index contributed by atoms with van der Waals surface area (Å²) in [6, 6.07) is 16.2. The van der Waals surface area contributed by atoms with Crippen LogP contribution in [0.15, 0.2) is 46.9 Å². The van der Waals surface area contributed by atoms with Crippen molar-refractivity contribution in [1.29, 1.82) is 5.26 Å². The van der Waals surface area contributed by atoms with Crippen LogP contribution in [0.5, 0.6) is 0 Å². The fraction of sp³-hybridized carbons (Fsp3) is 0.263. The smallest absolute Gasteiger partial charge is 0.232 e. The molecule has 0 aliphatic heterocycles. The van der Waals surface area contributed by atoms with Gasteiger partial charge in [0.05, 0.1) is 0 Å². The third-order valence-corrected chi connectivity index (χ3v) is 3.76. The van der Waals surface area contributed by atoms with E-state index >= 15 is 0 Å². The van der Waals surface area contributed by atoms with Crippen molar-refractivity contribution >= 4 is 16.7 Å². The van der Waals surface area contributed by atoms with Crippen LogP contribution < -0.4 is 5.32 Å². The van der Waals surface area contributed by atoms with E-state index in [0.29, 0.717) is 23.4 Å². The molecule has 4 heteroatoms. The summed E-state index contributed by atoms with van der Waals surface area (Å²) < 4.78 is 5.84. The molecule has 23 heavy (non-hydrogen) atoms. The molecule has 3 rings (SSSR count). The molecule has 3 aromatic rings. The Bertz CT molecular complexity index is 853. The lowest BCUT2D eigenvalue weighted by Crippen LogP contribution is -2.04. The molecule has 4 nitrogen and oxygen atoms in total. The van der Waals surface area contributed by atoms with Crippen LogP contribution in [0.25, 0.3) is 22.2 Å². The minimum absolute atomic E-state index is 0.302. The highest BCUT2D eigenvalue weighted by molar-refractivity contribution is 5.94. The van der Waals surface area contributed by atoms with E-state index in [1.807, 2.05) is 30.3 Å². The molecule has 2 aromatic carbocycles. The van der Waals surface area contributed by atoms with E-state index in [1.165, 1.54) is 0 Å². The lowest BCUT2D eigenvalue weighted by Gasteiger charge is -2.05. The zero-order valence-corrected chi connectivity index (χ0v) is 13.3. The Morgan fingerprint density at radius 1 is 1.17 bits per heavy atom. The summed E-state index contributed by atoms with van der Waals surface area (Å²) in [6.45, 7) is 5.08. The highest BCUT2D eigenvalue weighted by Crippen LogP contribution is 2.31. The van der Waals surface area contributed by atoms with E-state index in [4.69, 9.17) is 4.42 Å². The van der Waals surface area contributed by atoms with Crippen molar-refractivity contribution in [3.63, 3.8) is 0 Å².